The third-order valence-electron chi connectivity index (χ3n) is 5.16. The molecule has 0 fully saturated rings. The van der Waals surface area contributed by atoms with Crippen LogP contribution in [-0.2, 0) is 17.8 Å². The molecule has 0 saturated heterocycles. The molecule has 3 aromatic rings. The fraction of sp³-hybridized carbons (Fsp3) is 0.273. The lowest BCUT2D eigenvalue weighted by atomic mass is 9.90. The van der Waals surface area contributed by atoms with Crippen LogP contribution in [-0.4, -0.2) is 24.0 Å². The standard InChI is InChI=1S/C22H23N3OS/c1-2-25-14-13-18-19(15-25)27-22(23-18)24-21(26)20(16-9-5-3-6-10-16)17-11-7-4-8-12-17/h3-12,20H,2,13-15H2,1H3,(H,23,24,26)/p+1. The predicted octanol–water partition coefficient (Wildman–Crippen LogP) is 2.87. The third kappa shape index (κ3) is 3.94. The van der Waals surface area contributed by atoms with Crippen molar-refractivity contribution in [2.24, 2.45) is 0 Å². The van der Waals surface area contributed by atoms with Crippen LogP contribution in [0.1, 0.15) is 34.5 Å². The molecule has 1 aliphatic rings. The molecule has 1 aromatic heterocycles. The van der Waals surface area contributed by atoms with E-state index in [1.165, 1.54) is 4.88 Å². The largest absolute Gasteiger partial charge is 0.330 e. The molecule has 138 valence electrons. The fourth-order valence-corrected chi connectivity index (χ4v) is 4.73. The summed E-state index contributed by atoms with van der Waals surface area (Å²) in [6.45, 7) is 5.48. The molecule has 2 N–H and O–H groups in total. The Labute approximate surface area is 163 Å². The zero-order valence-corrected chi connectivity index (χ0v) is 16.3. The van der Waals surface area contributed by atoms with Crippen LogP contribution in [0.3, 0.4) is 0 Å². The summed E-state index contributed by atoms with van der Waals surface area (Å²) in [5.41, 5.74) is 3.14. The molecule has 0 bridgehead atoms. The van der Waals surface area contributed by atoms with Gasteiger partial charge in [-0.2, -0.15) is 0 Å². The van der Waals surface area contributed by atoms with Gasteiger partial charge < -0.3 is 10.2 Å². The number of carbonyl (C=O) groups excluding carboxylic acids is 1. The number of carbonyl (C=O) groups is 1. The Hall–Kier alpha value is -2.50. The number of hydrogen-bond donors (Lipinski definition) is 2. The number of rotatable bonds is 5. The molecule has 5 heteroatoms. The van der Waals surface area contributed by atoms with E-state index in [4.69, 9.17) is 4.98 Å². The summed E-state index contributed by atoms with van der Waals surface area (Å²) in [4.78, 5) is 20.8. The first-order chi connectivity index (χ1) is 13.2. The minimum absolute atomic E-state index is 0.0295. The first kappa shape index (κ1) is 17.9. The van der Waals surface area contributed by atoms with Crippen LogP contribution in [0.15, 0.2) is 60.7 Å². The minimum atomic E-state index is -0.342. The van der Waals surface area contributed by atoms with Gasteiger partial charge in [0.05, 0.1) is 29.6 Å². The third-order valence-corrected chi connectivity index (χ3v) is 6.18. The molecular formula is C22H24N3OS+. The van der Waals surface area contributed by atoms with Crippen molar-refractivity contribution >= 4 is 22.4 Å². The average molecular weight is 379 g/mol. The second kappa shape index (κ2) is 8.03. The number of benzene rings is 2. The molecule has 4 rings (SSSR count). The van der Waals surface area contributed by atoms with Gasteiger partial charge in [0.2, 0.25) is 5.91 Å². The topological polar surface area (TPSA) is 46.4 Å². The molecule has 0 aliphatic carbocycles. The number of hydrogen-bond acceptors (Lipinski definition) is 3. The second-order valence-corrected chi connectivity index (χ2v) is 8.00. The first-order valence-electron chi connectivity index (χ1n) is 9.47. The molecule has 1 aliphatic heterocycles. The highest BCUT2D eigenvalue weighted by atomic mass is 32.1. The van der Waals surface area contributed by atoms with Crippen LogP contribution in [0.25, 0.3) is 0 Å². The molecule has 0 saturated carbocycles. The van der Waals surface area contributed by atoms with Crippen molar-refractivity contribution < 1.29 is 9.69 Å². The highest BCUT2D eigenvalue weighted by molar-refractivity contribution is 7.15. The Morgan fingerprint density at radius 2 is 1.74 bits per heavy atom. The molecule has 1 atom stereocenters. The van der Waals surface area contributed by atoms with Crippen LogP contribution < -0.4 is 10.2 Å². The lowest BCUT2D eigenvalue weighted by molar-refractivity contribution is -0.913. The Morgan fingerprint density at radius 1 is 1.11 bits per heavy atom. The minimum Gasteiger partial charge on any atom is -0.330 e. The van der Waals surface area contributed by atoms with Crippen LogP contribution in [0.2, 0.25) is 0 Å². The molecule has 0 spiro atoms. The van der Waals surface area contributed by atoms with E-state index in [-0.39, 0.29) is 11.8 Å². The van der Waals surface area contributed by atoms with E-state index < -0.39 is 0 Å². The maximum atomic E-state index is 13.2. The van der Waals surface area contributed by atoms with Crippen LogP contribution in [0, 0.1) is 0 Å². The highest BCUT2D eigenvalue weighted by Crippen LogP contribution is 2.29. The van der Waals surface area contributed by atoms with E-state index in [9.17, 15) is 4.79 Å². The van der Waals surface area contributed by atoms with E-state index in [0.717, 1.165) is 48.0 Å². The maximum Gasteiger partial charge on any atom is 0.238 e. The second-order valence-electron chi connectivity index (χ2n) is 6.91. The van der Waals surface area contributed by atoms with E-state index in [1.54, 1.807) is 16.2 Å². The number of aromatic nitrogens is 1. The van der Waals surface area contributed by atoms with Gasteiger partial charge in [-0.1, -0.05) is 72.0 Å². The number of likely N-dealkylation sites (N-methyl/N-ethyl adjacent to an activating group) is 1. The Balaban J connectivity index is 1.59. The van der Waals surface area contributed by atoms with Gasteiger partial charge in [0, 0.05) is 6.42 Å². The van der Waals surface area contributed by atoms with Crippen LogP contribution in [0.4, 0.5) is 5.13 Å². The summed E-state index contributed by atoms with van der Waals surface area (Å²) < 4.78 is 0. The lowest BCUT2D eigenvalue weighted by Gasteiger charge is -2.20. The van der Waals surface area contributed by atoms with Gasteiger partial charge >= 0.3 is 0 Å². The number of nitrogens with one attached hydrogen (secondary N) is 2. The number of quaternary nitrogens is 1. The predicted molar refractivity (Wildman–Crippen MR) is 109 cm³/mol. The van der Waals surface area contributed by atoms with Crippen molar-refractivity contribution in [3.8, 4) is 0 Å². The van der Waals surface area contributed by atoms with Crippen molar-refractivity contribution in [2.45, 2.75) is 25.8 Å². The first-order valence-corrected chi connectivity index (χ1v) is 10.3. The lowest BCUT2D eigenvalue weighted by Crippen LogP contribution is -3.11. The Bertz CT molecular complexity index is 868. The van der Waals surface area contributed by atoms with Crippen molar-refractivity contribution in [2.75, 3.05) is 18.4 Å². The van der Waals surface area contributed by atoms with E-state index in [0.29, 0.717) is 0 Å². The number of nitrogens with zero attached hydrogens (tertiary/aromatic N) is 1. The van der Waals surface area contributed by atoms with Gasteiger partial charge in [-0.15, -0.1) is 0 Å². The van der Waals surface area contributed by atoms with Gasteiger partial charge in [0.25, 0.3) is 0 Å². The zero-order chi connectivity index (χ0) is 18.6. The van der Waals surface area contributed by atoms with Gasteiger partial charge in [0.1, 0.15) is 6.54 Å². The van der Waals surface area contributed by atoms with E-state index >= 15 is 0 Å². The molecular weight excluding hydrogens is 354 g/mol. The van der Waals surface area contributed by atoms with Gasteiger partial charge in [0.15, 0.2) is 5.13 Å². The van der Waals surface area contributed by atoms with Crippen molar-refractivity contribution in [3.05, 3.63) is 82.4 Å². The summed E-state index contributed by atoms with van der Waals surface area (Å²) in [7, 11) is 0. The normalized spacial score (nSPS) is 16.1. The Kier molecular flexibility index (Phi) is 5.32. The molecule has 0 radical (unpaired) electrons. The molecule has 1 amide bonds. The quantitative estimate of drug-likeness (QED) is 0.717. The monoisotopic (exact) mass is 378 g/mol. The summed E-state index contributed by atoms with van der Waals surface area (Å²) in [5, 5.41) is 3.81. The Morgan fingerprint density at radius 3 is 2.33 bits per heavy atom. The van der Waals surface area contributed by atoms with Gasteiger partial charge in [-0.25, -0.2) is 4.98 Å². The van der Waals surface area contributed by atoms with Crippen LogP contribution >= 0.6 is 11.3 Å². The fourth-order valence-electron chi connectivity index (χ4n) is 3.65. The van der Waals surface area contributed by atoms with Crippen molar-refractivity contribution in [3.63, 3.8) is 0 Å². The molecule has 4 nitrogen and oxygen atoms in total. The van der Waals surface area contributed by atoms with Crippen molar-refractivity contribution in [1.82, 2.24) is 4.98 Å². The zero-order valence-electron chi connectivity index (χ0n) is 15.4. The highest BCUT2D eigenvalue weighted by Gasteiger charge is 2.26. The SMILES string of the molecule is CC[NH+]1CCc2nc(NC(=O)C(c3ccccc3)c3ccccc3)sc2C1. The average Bonchev–Trinajstić information content (AvgIpc) is 3.11. The van der Waals surface area contributed by atoms with Crippen LogP contribution in [0.5, 0.6) is 0 Å². The number of anilines is 1. The molecule has 2 aromatic carbocycles. The number of fused-ring (bicyclic) bond motifs is 1. The molecule has 27 heavy (non-hydrogen) atoms. The maximum absolute atomic E-state index is 13.2. The van der Waals surface area contributed by atoms with Crippen molar-refractivity contribution in [1.29, 1.82) is 0 Å². The number of amides is 1. The number of thiazole rings is 1. The summed E-state index contributed by atoms with van der Waals surface area (Å²) in [6.07, 6.45) is 0.992. The smallest absolute Gasteiger partial charge is 0.238 e. The summed E-state index contributed by atoms with van der Waals surface area (Å²) in [6, 6.07) is 19.9. The van der Waals surface area contributed by atoms with Gasteiger partial charge in [-0.3, -0.25) is 4.79 Å². The molecule has 2 heterocycles. The summed E-state index contributed by atoms with van der Waals surface area (Å²) >= 11 is 1.63. The summed E-state index contributed by atoms with van der Waals surface area (Å²) in [5.74, 6) is -0.371. The van der Waals surface area contributed by atoms with Gasteiger partial charge in [-0.05, 0) is 18.1 Å². The molecule has 1 unspecified atom stereocenters. The van der Waals surface area contributed by atoms with E-state index in [1.807, 2.05) is 60.7 Å². The van der Waals surface area contributed by atoms with E-state index in [2.05, 4.69) is 12.2 Å².